The number of rotatable bonds is 12. The van der Waals surface area contributed by atoms with Crippen molar-refractivity contribution in [1.82, 2.24) is 39.6 Å². The third-order valence-corrected chi connectivity index (χ3v) is 18.2. The maximum Gasteiger partial charge on any atom is 0.229 e. The van der Waals surface area contributed by atoms with Crippen molar-refractivity contribution >= 4 is 41.0 Å². The number of allylic oxidation sites excluding steroid dienone is 5. The van der Waals surface area contributed by atoms with Gasteiger partial charge in [0.25, 0.3) is 0 Å². The van der Waals surface area contributed by atoms with Gasteiger partial charge in [-0.25, -0.2) is 24.9 Å². The van der Waals surface area contributed by atoms with E-state index in [1.807, 2.05) is 84.4 Å². The van der Waals surface area contributed by atoms with Crippen LogP contribution in [0, 0.1) is 23.7 Å². The Bertz CT molecular complexity index is 2930. The summed E-state index contributed by atoms with van der Waals surface area (Å²) in [6.45, 7) is 42.4. The Labute approximate surface area is 508 Å². The Morgan fingerprint density at radius 1 is 0.917 bits per heavy atom. The number of likely N-dealkylation sites (N-methyl/N-ethyl adjacent to an activating group) is 2. The van der Waals surface area contributed by atoms with Crippen LogP contribution in [0.25, 0.3) is 0 Å². The fourth-order valence-corrected chi connectivity index (χ4v) is 13.2. The van der Waals surface area contributed by atoms with Crippen LogP contribution in [0.15, 0.2) is 115 Å². The number of aliphatic hydroxyl groups is 1. The molecule has 2 aliphatic carbocycles. The van der Waals surface area contributed by atoms with E-state index in [4.69, 9.17) is 14.7 Å². The van der Waals surface area contributed by atoms with E-state index in [2.05, 4.69) is 187 Å². The van der Waals surface area contributed by atoms with E-state index in [0.717, 1.165) is 103 Å². The van der Waals surface area contributed by atoms with Crippen LogP contribution in [0.1, 0.15) is 154 Å². The molecule has 0 radical (unpaired) electrons. The first-order valence-electron chi connectivity index (χ1n) is 31.4. The van der Waals surface area contributed by atoms with E-state index in [0.29, 0.717) is 11.4 Å². The van der Waals surface area contributed by atoms with E-state index in [1.54, 1.807) is 12.3 Å². The number of fused-ring (bicyclic) bond motifs is 5. The van der Waals surface area contributed by atoms with Gasteiger partial charge < -0.3 is 44.6 Å². The average molecular weight is 1150 g/mol. The summed E-state index contributed by atoms with van der Waals surface area (Å²) in [5.74, 6) is 5.56. The van der Waals surface area contributed by atoms with Crippen LogP contribution in [-0.4, -0.2) is 148 Å². The van der Waals surface area contributed by atoms with Crippen molar-refractivity contribution in [2.75, 3.05) is 87.0 Å². The SMILES string of the molecule is C=C/C=C(\N=C/C)N1c2nc(C)ncc2[C@@]2(C)C(C)OC(C)(C)CC[C@@H]12.CC.CC.CN(C)CC1CCCN1C1=CC2CC2(C)C=C1.CN1CCN(c2ccc(Nc3ncc4c(n3)N(c3ccccn3)[C@H](CC(C)(C)C)[C@]4(C)CO)cc2)CC1.[HH]. The quantitative estimate of drug-likeness (QED) is 0.103. The van der Waals surface area contributed by atoms with Crippen molar-refractivity contribution in [3.8, 4) is 0 Å². The Kier molecular flexibility index (Phi) is 21.5. The lowest BCUT2D eigenvalue weighted by Crippen LogP contribution is -2.48. The van der Waals surface area contributed by atoms with Crippen LogP contribution in [-0.2, 0) is 15.6 Å². The summed E-state index contributed by atoms with van der Waals surface area (Å²) in [4.78, 5) is 42.5. The minimum absolute atomic E-state index is 0. The van der Waals surface area contributed by atoms with E-state index < -0.39 is 5.41 Å². The van der Waals surface area contributed by atoms with E-state index in [1.165, 1.54) is 43.7 Å². The fraction of sp³-hybridized carbons (Fsp3) is 0.594. The lowest BCUT2D eigenvalue weighted by Gasteiger charge is -2.38. The van der Waals surface area contributed by atoms with Crippen LogP contribution in [0.4, 0.5) is 34.8 Å². The first-order valence-corrected chi connectivity index (χ1v) is 31.4. The second-order valence-electron chi connectivity index (χ2n) is 26.3. The predicted octanol–water partition coefficient (Wildman–Crippen LogP) is 13.7. The second-order valence-corrected chi connectivity index (χ2v) is 26.3. The van der Waals surface area contributed by atoms with Crippen LogP contribution in [0.2, 0.25) is 0 Å². The predicted molar refractivity (Wildman–Crippen MR) is 353 cm³/mol. The van der Waals surface area contributed by atoms with E-state index in [-0.39, 0.29) is 42.7 Å². The maximum absolute atomic E-state index is 10.6. The highest BCUT2D eigenvalue weighted by atomic mass is 16.5. The maximum atomic E-state index is 10.6. The zero-order chi connectivity index (χ0) is 61.4. The average Bonchev–Trinajstić information content (AvgIpc) is 2.23. The summed E-state index contributed by atoms with van der Waals surface area (Å²) >= 11 is 0. The third kappa shape index (κ3) is 14.5. The molecule has 84 heavy (non-hydrogen) atoms. The summed E-state index contributed by atoms with van der Waals surface area (Å²) < 4.78 is 6.49. The summed E-state index contributed by atoms with van der Waals surface area (Å²) in [5.41, 5.74) is 5.45. The number of anilines is 6. The van der Waals surface area contributed by atoms with Gasteiger partial charge in [0.15, 0.2) is 0 Å². The molecule has 5 aliphatic heterocycles. The zero-order valence-corrected chi connectivity index (χ0v) is 54.7. The summed E-state index contributed by atoms with van der Waals surface area (Å²) in [7, 11) is 6.53. The van der Waals surface area contributed by atoms with Gasteiger partial charge in [0.1, 0.15) is 29.1 Å². The molecule has 0 spiro atoms. The van der Waals surface area contributed by atoms with Crippen LogP contribution >= 0.6 is 0 Å². The summed E-state index contributed by atoms with van der Waals surface area (Å²) in [6, 6.07) is 15.3. The molecule has 0 bridgehead atoms. The monoisotopic (exact) mass is 1150 g/mol. The summed E-state index contributed by atoms with van der Waals surface area (Å²) in [6.07, 6.45) is 25.5. The fourth-order valence-electron chi connectivity index (χ4n) is 13.2. The second kappa shape index (κ2) is 27.6. The molecule has 8 heterocycles. The Hall–Kier alpha value is -6.00. The molecule has 4 unspecified atom stereocenters. The van der Waals surface area contributed by atoms with Gasteiger partial charge in [-0.05, 0) is 160 Å². The summed E-state index contributed by atoms with van der Waals surface area (Å²) in [5, 5.41) is 14.0. The molecule has 15 nitrogen and oxygen atoms in total. The topological polar surface area (TPSA) is 138 Å². The lowest BCUT2D eigenvalue weighted by atomic mass is 9.73. The molecule has 1 aromatic carbocycles. The van der Waals surface area contributed by atoms with Crippen molar-refractivity contribution in [2.45, 2.75) is 183 Å². The van der Waals surface area contributed by atoms with Crippen molar-refractivity contribution in [2.24, 2.45) is 21.7 Å². The van der Waals surface area contributed by atoms with Crippen molar-refractivity contribution < 1.29 is 11.3 Å². The molecule has 3 saturated heterocycles. The molecular formula is C69H107N13O2. The van der Waals surface area contributed by atoms with E-state index in [9.17, 15) is 5.11 Å². The van der Waals surface area contributed by atoms with Crippen LogP contribution in [0.5, 0.6) is 0 Å². The number of piperazine rings is 1. The molecule has 1 saturated carbocycles. The number of likely N-dealkylation sites (tertiary alicyclic amines) is 1. The number of hydrogen-bond acceptors (Lipinski definition) is 15. The Morgan fingerprint density at radius 3 is 2.24 bits per heavy atom. The highest BCUT2D eigenvalue weighted by Gasteiger charge is 2.57. The largest absolute Gasteiger partial charge is 0.395 e. The Balaban J connectivity index is 0.000000210. The van der Waals surface area contributed by atoms with Gasteiger partial charge in [0.05, 0.1) is 18.3 Å². The highest BCUT2D eigenvalue weighted by molar-refractivity contribution is 5.71. The number of pyridine rings is 1. The van der Waals surface area contributed by atoms with Gasteiger partial charge in [0, 0.05) is 123 Å². The third-order valence-electron chi connectivity index (χ3n) is 18.2. The Morgan fingerprint density at radius 2 is 1.62 bits per heavy atom. The highest BCUT2D eigenvalue weighted by Crippen LogP contribution is 2.57. The molecular weight excluding hydrogens is 1040 g/mol. The van der Waals surface area contributed by atoms with Crippen molar-refractivity contribution in [3.05, 3.63) is 126 Å². The molecule has 15 heteroatoms. The number of aryl methyl sites for hydroxylation is 1. The number of hydrogen-bond donors (Lipinski definition) is 2. The number of aliphatic hydroxyl groups excluding tert-OH is 1. The number of aliphatic imine (C=N–C) groups is 1. The first-order chi connectivity index (χ1) is 40.0. The number of benzene rings is 1. The normalized spacial score (nSPS) is 27.5. The molecule has 4 fully saturated rings. The number of aromatic nitrogens is 5. The lowest BCUT2D eigenvalue weighted by molar-refractivity contribution is -0.0823. The minimum atomic E-state index is -0.511. The smallest absolute Gasteiger partial charge is 0.229 e. The van der Waals surface area contributed by atoms with Gasteiger partial charge in [0.2, 0.25) is 5.95 Å². The number of nitrogens with one attached hydrogen (secondary N) is 1. The molecule has 2 N–H and O–H groups in total. The molecule has 460 valence electrons. The van der Waals surface area contributed by atoms with E-state index >= 15 is 0 Å². The van der Waals surface area contributed by atoms with Gasteiger partial charge in [-0.2, -0.15) is 4.98 Å². The van der Waals surface area contributed by atoms with Crippen LogP contribution in [0.3, 0.4) is 0 Å². The first kappa shape index (κ1) is 65.5. The molecule has 3 aromatic heterocycles. The van der Waals surface area contributed by atoms with Crippen molar-refractivity contribution in [3.63, 3.8) is 0 Å². The molecule has 4 aromatic rings. The van der Waals surface area contributed by atoms with Crippen molar-refractivity contribution in [1.29, 1.82) is 0 Å². The number of nitrogens with zero attached hydrogens (tertiary/aromatic N) is 12. The molecule has 8 atom stereocenters. The molecule has 7 aliphatic rings. The zero-order valence-electron chi connectivity index (χ0n) is 54.7. The van der Waals surface area contributed by atoms with Gasteiger partial charge in [-0.15, -0.1) is 0 Å². The standard InChI is InChI=1S/C29H39N7O.C21H30N4O.C15H24N2.2C2H6.H2/c1-28(2,3)18-24-29(4,20-37)23-19-31-27(33-26(23)36(24)25-8-6-7-13-30-25)32-21-9-11-22(12-10-21)35-16-14-34(5)15-17-35;1-8-10-18(22-9-2)25-17-11-12-20(5,6)26-14(3)21(17,7)16-13-23-15(4)24-19(16)25;1-15-7-6-13(9-12(15)10-15)17-8-4-5-14(17)11-16(2)3;2*1-2;/h6-13,19,24,37H,14-18,20H2,1-5H3,(H,31,32,33);8-10,13-14,17H,1,11-12H2,2-7H3;6-7,9,12,14H,4-5,8,10-11H2,1-3H3;2*1-2H3;1H/b;18-10+,22-9-;;;;/t24-,29-;14?,17-,21-;;;;/m11..../s1. The number of ether oxygens (including phenoxy) is 1. The van der Waals surface area contributed by atoms with Crippen LogP contribution < -0.4 is 20.0 Å². The molecule has 0 amide bonds. The molecule has 11 rings (SSSR count). The van der Waals surface area contributed by atoms with Gasteiger partial charge >= 0.3 is 0 Å². The minimum Gasteiger partial charge on any atom is -0.395 e. The van der Waals surface area contributed by atoms with Gasteiger partial charge in [-0.1, -0.05) is 100 Å². The van der Waals surface area contributed by atoms with Gasteiger partial charge in [-0.3, -0.25) is 0 Å².